The molecule has 0 N–H and O–H groups in total. The molecule has 0 aromatic carbocycles. The molecule has 2 rings (SSSR count). The van der Waals surface area contributed by atoms with Gasteiger partial charge in [0.15, 0.2) is 0 Å². The highest BCUT2D eigenvalue weighted by molar-refractivity contribution is 5.02. The summed E-state index contributed by atoms with van der Waals surface area (Å²) in [7, 11) is 0. The van der Waals surface area contributed by atoms with Crippen molar-refractivity contribution in [1.29, 1.82) is 0 Å². The summed E-state index contributed by atoms with van der Waals surface area (Å²) < 4.78 is 0. The van der Waals surface area contributed by atoms with Crippen LogP contribution in [-0.4, -0.2) is 0 Å². The van der Waals surface area contributed by atoms with Crippen molar-refractivity contribution in [3.05, 3.63) is 19.3 Å². The molecule has 2 saturated carbocycles. The Morgan fingerprint density at radius 3 is 3.10 bits per heavy atom. The van der Waals surface area contributed by atoms with Crippen molar-refractivity contribution < 1.29 is 0 Å². The van der Waals surface area contributed by atoms with Gasteiger partial charge < -0.3 is 0 Å². The molecule has 2 fully saturated rings. The summed E-state index contributed by atoms with van der Waals surface area (Å²) >= 11 is 0. The molecule has 0 aromatic heterocycles. The lowest BCUT2D eigenvalue weighted by molar-refractivity contribution is 0.298. The quantitative estimate of drug-likeness (QED) is 0.479. The van der Waals surface area contributed by atoms with Crippen LogP contribution in [0, 0.1) is 31.1 Å². The normalized spacial score (nSPS) is 40.8. The van der Waals surface area contributed by atoms with Crippen LogP contribution in [-0.2, 0) is 0 Å². The van der Waals surface area contributed by atoms with E-state index in [1.807, 2.05) is 0 Å². The van der Waals surface area contributed by atoms with Crippen LogP contribution in [0.2, 0.25) is 0 Å². The third-order valence-corrected chi connectivity index (χ3v) is 2.81. The van der Waals surface area contributed by atoms with Crippen molar-refractivity contribution in [3.8, 4) is 0 Å². The van der Waals surface area contributed by atoms with Crippen molar-refractivity contribution in [2.24, 2.45) is 11.8 Å². The second-order valence-electron chi connectivity index (χ2n) is 3.50. The third kappa shape index (κ3) is 1.21. The topological polar surface area (TPSA) is 0 Å². The number of rotatable bonds is 0. The average Bonchev–Trinajstić information content (AvgIpc) is 2.05. The maximum atomic E-state index is 2.52. The molecule has 0 saturated heterocycles. The van der Waals surface area contributed by atoms with Crippen molar-refractivity contribution in [1.82, 2.24) is 0 Å². The first-order valence-electron chi connectivity index (χ1n) is 4.45. The van der Waals surface area contributed by atoms with E-state index < -0.39 is 0 Å². The van der Waals surface area contributed by atoms with E-state index in [1.165, 1.54) is 32.1 Å². The van der Waals surface area contributed by atoms with Crippen molar-refractivity contribution in [2.45, 2.75) is 32.1 Å². The van der Waals surface area contributed by atoms with E-state index in [9.17, 15) is 0 Å². The molecule has 0 aliphatic heterocycles. The summed E-state index contributed by atoms with van der Waals surface area (Å²) in [6.45, 7) is 0. The predicted octanol–water partition coefficient (Wildman–Crippen LogP) is 2.81. The molecule has 0 heterocycles. The van der Waals surface area contributed by atoms with Crippen LogP contribution >= 0.6 is 0 Å². The van der Waals surface area contributed by atoms with Crippen molar-refractivity contribution in [2.75, 3.05) is 0 Å². The zero-order valence-electron chi connectivity index (χ0n) is 6.42. The van der Waals surface area contributed by atoms with Gasteiger partial charge in [-0.3, -0.25) is 0 Å². The molecule has 0 aromatic rings. The minimum absolute atomic E-state index is 0.874. The Labute approximate surface area is 64.0 Å². The predicted molar refractivity (Wildman–Crippen MR) is 43.0 cm³/mol. The van der Waals surface area contributed by atoms with Gasteiger partial charge in [0.25, 0.3) is 0 Å². The maximum absolute atomic E-state index is 2.52. The molecule has 10 heavy (non-hydrogen) atoms. The van der Waals surface area contributed by atoms with Crippen LogP contribution in [0.5, 0.6) is 0 Å². The van der Waals surface area contributed by atoms with Gasteiger partial charge in [0.1, 0.15) is 0 Å². The van der Waals surface area contributed by atoms with E-state index in [-0.39, 0.29) is 0 Å². The van der Waals surface area contributed by atoms with Gasteiger partial charge in [-0.05, 0) is 50.4 Å². The molecule has 0 amide bonds. The fourth-order valence-corrected chi connectivity index (χ4v) is 2.20. The molecule has 2 aliphatic carbocycles. The van der Waals surface area contributed by atoms with E-state index in [0.717, 1.165) is 11.8 Å². The molecule has 2 unspecified atom stereocenters. The number of fused-ring (bicyclic) bond motifs is 1. The smallest absolute Gasteiger partial charge is 0.0323 e. The average molecular weight is 135 g/mol. The standard InChI is InChI=1S/C10H15/c1-2-6-10-8-4-3-7-9(10)5-1/h1,6,8-10H,2-5,7H2. The Balaban J connectivity index is 1.93. The second-order valence-corrected chi connectivity index (χ2v) is 3.50. The van der Waals surface area contributed by atoms with E-state index in [1.54, 1.807) is 0 Å². The fourth-order valence-electron chi connectivity index (χ4n) is 2.20. The highest BCUT2D eigenvalue weighted by Gasteiger charge is 2.27. The molecule has 2 aliphatic rings. The first kappa shape index (κ1) is 6.69. The highest BCUT2D eigenvalue weighted by Crippen LogP contribution is 2.38. The Hall–Kier alpha value is 0. The van der Waals surface area contributed by atoms with Crippen LogP contribution < -0.4 is 0 Å². The third-order valence-electron chi connectivity index (χ3n) is 2.81. The number of hydrogen-bond acceptors (Lipinski definition) is 0. The zero-order valence-corrected chi connectivity index (χ0v) is 6.42. The lowest BCUT2D eigenvalue weighted by atomic mass is 9.71. The van der Waals surface area contributed by atoms with Gasteiger partial charge in [-0.2, -0.15) is 0 Å². The van der Waals surface area contributed by atoms with Crippen molar-refractivity contribution in [3.63, 3.8) is 0 Å². The van der Waals surface area contributed by atoms with Gasteiger partial charge in [-0.25, -0.2) is 0 Å². The Bertz CT molecular complexity index is 80.6. The lowest BCUT2D eigenvalue weighted by Gasteiger charge is -2.34. The minimum atomic E-state index is 0.874. The van der Waals surface area contributed by atoms with E-state index in [0.29, 0.717) is 0 Å². The van der Waals surface area contributed by atoms with Crippen LogP contribution in [0.4, 0.5) is 0 Å². The van der Waals surface area contributed by atoms with Gasteiger partial charge in [0.05, 0.1) is 0 Å². The molecule has 55 valence electrons. The first-order valence-corrected chi connectivity index (χ1v) is 4.45. The van der Waals surface area contributed by atoms with Crippen LogP contribution in [0.25, 0.3) is 0 Å². The Morgan fingerprint density at radius 2 is 2.20 bits per heavy atom. The molecular formula is C10H15. The van der Waals surface area contributed by atoms with E-state index in [4.69, 9.17) is 0 Å². The monoisotopic (exact) mass is 135 g/mol. The molecule has 3 radical (unpaired) electrons. The zero-order chi connectivity index (χ0) is 6.81. The summed E-state index contributed by atoms with van der Waals surface area (Å²) in [5.74, 6) is 1.86. The molecule has 2 atom stereocenters. The van der Waals surface area contributed by atoms with Gasteiger partial charge in [-0.1, -0.05) is 12.8 Å². The SMILES string of the molecule is [CH]1C[CH]C2[CH]CCCC2C1. The lowest BCUT2D eigenvalue weighted by Crippen LogP contribution is -2.24. The summed E-state index contributed by atoms with van der Waals surface area (Å²) in [6.07, 6.45) is 14.3. The summed E-state index contributed by atoms with van der Waals surface area (Å²) in [5.41, 5.74) is 0. The molecule has 0 spiro atoms. The first-order chi connectivity index (χ1) is 4.97. The molecule has 0 heteroatoms. The summed E-state index contributed by atoms with van der Waals surface area (Å²) in [5, 5.41) is 0. The summed E-state index contributed by atoms with van der Waals surface area (Å²) in [6, 6.07) is 0. The molecular weight excluding hydrogens is 120 g/mol. The van der Waals surface area contributed by atoms with E-state index in [2.05, 4.69) is 19.3 Å². The molecule has 0 nitrogen and oxygen atoms in total. The van der Waals surface area contributed by atoms with Crippen LogP contribution in [0.15, 0.2) is 0 Å². The Kier molecular flexibility index (Phi) is 1.97. The summed E-state index contributed by atoms with van der Waals surface area (Å²) in [4.78, 5) is 0. The Morgan fingerprint density at radius 1 is 1.20 bits per heavy atom. The molecule has 0 bridgehead atoms. The van der Waals surface area contributed by atoms with Gasteiger partial charge in [0.2, 0.25) is 0 Å². The van der Waals surface area contributed by atoms with Crippen LogP contribution in [0.3, 0.4) is 0 Å². The van der Waals surface area contributed by atoms with Gasteiger partial charge >= 0.3 is 0 Å². The van der Waals surface area contributed by atoms with Crippen LogP contribution in [0.1, 0.15) is 32.1 Å². The van der Waals surface area contributed by atoms with Gasteiger partial charge in [0, 0.05) is 0 Å². The van der Waals surface area contributed by atoms with Crippen molar-refractivity contribution >= 4 is 0 Å². The highest BCUT2D eigenvalue weighted by atomic mass is 14.3. The largest absolute Gasteiger partial charge is 0.0527 e. The second kappa shape index (κ2) is 2.94. The minimum Gasteiger partial charge on any atom is -0.0527 e. The fraction of sp³-hybridized carbons (Fsp3) is 0.700. The maximum Gasteiger partial charge on any atom is -0.0323 e. The van der Waals surface area contributed by atoms with Gasteiger partial charge in [-0.15, -0.1) is 0 Å². The van der Waals surface area contributed by atoms with E-state index >= 15 is 0 Å². The number of hydrogen-bond donors (Lipinski definition) is 0.